The van der Waals surface area contributed by atoms with E-state index in [-0.39, 0.29) is 0 Å². The summed E-state index contributed by atoms with van der Waals surface area (Å²) < 4.78 is 9.07. The number of rotatable bonds is 6. The SMILES string of the molecule is C1=CCC(c2cccc(-c3cccc(-c4ccc5oc6c(-c7cccc(-n8c9ccccc9c9cc(-c%10ccccn%10)ccc98)c7)cccc6c5c4)c3)c2)C=C1. The van der Waals surface area contributed by atoms with Gasteiger partial charge >= 0.3 is 0 Å². The number of nitrogens with zero attached hydrogens (tertiary/aromatic N) is 2. The molecular formula is C53H36N2O. The van der Waals surface area contributed by atoms with Crippen molar-refractivity contribution >= 4 is 43.7 Å². The Kier molecular flexibility index (Phi) is 7.63. The van der Waals surface area contributed by atoms with E-state index in [9.17, 15) is 0 Å². The standard InChI is InChI=1S/C53H36N2O/c1-2-12-35(13-3-1)36-14-8-15-37(30-36)38-16-9-17-39(31-38)40-26-28-52-48(33-40)46-22-11-21-44(53(46)56-52)41-18-10-19-43(32-41)55-50-24-5-4-20-45(50)47-34-42(25-27-51(47)55)49-23-6-7-29-54-49/h1-12,14-35H,13H2. The van der Waals surface area contributed by atoms with Gasteiger partial charge in [-0.2, -0.15) is 0 Å². The average molecular weight is 717 g/mol. The van der Waals surface area contributed by atoms with E-state index in [1.807, 2.05) is 18.3 Å². The second-order valence-electron chi connectivity index (χ2n) is 14.7. The van der Waals surface area contributed by atoms with Gasteiger partial charge in [0.15, 0.2) is 0 Å². The number of pyridine rings is 1. The first-order chi connectivity index (χ1) is 27.7. The molecule has 1 atom stereocenters. The maximum Gasteiger partial charge on any atom is 0.143 e. The fraction of sp³-hybridized carbons (Fsp3) is 0.0377. The molecule has 10 aromatic rings. The topological polar surface area (TPSA) is 31.0 Å². The molecule has 0 bridgehead atoms. The number of hydrogen-bond acceptors (Lipinski definition) is 2. The summed E-state index contributed by atoms with van der Waals surface area (Å²) in [5.41, 5.74) is 15.7. The van der Waals surface area contributed by atoms with Crippen molar-refractivity contribution in [2.75, 3.05) is 0 Å². The number of furan rings is 1. The lowest BCUT2D eigenvalue weighted by Gasteiger charge is -2.15. The number of allylic oxidation sites excluding steroid dienone is 4. The molecule has 0 aliphatic heterocycles. The van der Waals surface area contributed by atoms with Crippen molar-refractivity contribution in [3.63, 3.8) is 0 Å². The van der Waals surface area contributed by atoms with Crippen molar-refractivity contribution in [3.8, 4) is 50.3 Å². The van der Waals surface area contributed by atoms with E-state index in [0.29, 0.717) is 5.92 Å². The van der Waals surface area contributed by atoms with Crippen LogP contribution in [-0.2, 0) is 0 Å². The van der Waals surface area contributed by atoms with Gasteiger partial charge in [-0.25, -0.2) is 0 Å². The Hall–Kier alpha value is -7.23. The molecular weight excluding hydrogens is 681 g/mol. The quantitative estimate of drug-likeness (QED) is 0.172. The molecule has 0 spiro atoms. The Bertz CT molecular complexity index is 3180. The molecule has 0 N–H and O–H groups in total. The molecule has 264 valence electrons. The Balaban J connectivity index is 0.974. The van der Waals surface area contributed by atoms with Gasteiger partial charge < -0.3 is 8.98 Å². The molecule has 3 aromatic heterocycles. The van der Waals surface area contributed by atoms with E-state index in [1.54, 1.807) is 0 Å². The van der Waals surface area contributed by atoms with Gasteiger partial charge in [-0.15, -0.1) is 0 Å². The summed E-state index contributed by atoms with van der Waals surface area (Å²) in [5.74, 6) is 0.424. The van der Waals surface area contributed by atoms with E-state index in [1.165, 1.54) is 44.1 Å². The summed E-state index contributed by atoms with van der Waals surface area (Å²) in [6.07, 6.45) is 11.7. The monoisotopic (exact) mass is 716 g/mol. The van der Waals surface area contributed by atoms with Crippen molar-refractivity contribution < 1.29 is 4.42 Å². The fourth-order valence-electron chi connectivity index (χ4n) is 8.62. The summed E-state index contributed by atoms with van der Waals surface area (Å²) in [6, 6.07) is 61.2. The van der Waals surface area contributed by atoms with Crippen molar-refractivity contribution in [2.24, 2.45) is 0 Å². The molecule has 1 aliphatic carbocycles. The Labute approximate surface area is 325 Å². The Morgan fingerprint density at radius 1 is 0.500 bits per heavy atom. The van der Waals surface area contributed by atoms with Crippen LogP contribution in [0.4, 0.5) is 0 Å². The van der Waals surface area contributed by atoms with E-state index >= 15 is 0 Å². The van der Waals surface area contributed by atoms with Crippen LogP contribution in [0.15, 0.2) is 205 Å². The summed E-state index contributed by atoms with van der Waals surface area (Å²) in [4.78, 5) is 4.62. The largest absolute Gasteiger partial charge is 0.455 e. The van der Waals surface area contributed by atoms with Crippen LogP contribution in [0.5, 0.6) is 0 Å². The third kappa shape index (κ3) is 5.48. The zero-order valence-electron chi connectivity index (χ0n) is 30.6. The van der Waals surface area contributed by atoms with E-state index in [4.69, 9.17) is 4.42 Å². The molecule has 0 radical (unpaired) electrons. The smallest absolute Gasteiger partial charge is 0.143 e. The molecule has 0 fully saturated rings. The highest BCUT2D eigenvalue weighted by molar-refractivity contribution is 6.12. The lowest BCUT2D eigenvalue weighted by atomic mass is 9.90. The Morgan fingerprint density at radius 2 is 1.23 bits per heavy atom. The maximum atomic E-state index is 6.70. The molecule has 0 amide bonds. The number of para-hydroxylation sites is 2. The number of aromatic nitrogens is 2. The van der Waals surface area contributed by atoms with Gasteiger partial charge in [-0.1, -0.05) is 133 Å². The van der Waals surface area contributed by atoms with Crippen LogP contribution in [0.1, 0.15) is 17.9 Å². The highest BCUT2D eigenvalue weighted by atomic mass is 16.3. The van der Waals surface area contributed by atoms with Crippen LogP contribution in [0.3, 0.4) is 0 Å². The first-order valence-corrected chi connectivity index (χ1v) is 19.3. The number of hydrogen-bond donors (Lipinski definition) is 0. The van der Waals surface area contributed by atoms with Crippen molar-refractivity contribution in [3.05, 3.63) is 206 Å². The minimum atomic E-state index is 0.424. The van der Waals surface area contributed by atoms with Gasteiger partial charge in [0.2, 0.25) is 0 Å². The third-order valence-corrected chi connectivity index (χ3v) is 11.4. The predicted molar refractivity (Wildman–Crippen MR) is 233 cm³/mol. The van der Waals surface area contributed by atoms with Gasteiger partial charge in [0.25, 0.3) is 0 Å². The highest BCUT2D eigenvalue weighted by Crippen LogP contribution is 2.40. The van der Waals surface area contributed by atoms with Crippen LogP contribution in [0.25, 0.3) is 94.1 Å². The normalized spacial score (nSPS) is 14.0. The van der Waals surface area contributed by atoms with Crippen LogP contribution in [0.2, 0.25) is 0 Å². The van der Waals surface area contributed by atoms with Gasteiger partial charge in [-0.3, -0.25) is 4.98 Å². The number of benzene rings is 7. The lowest BCUT2D eigenvalue weighted by Crippen LogP contribution is -1.96. The minimum absolute atomic E-state index is 0.424. The third-order valence-electron chi connectivity index (χ3n) is 11.4. The van der Waals surface area contributed by atoms with Crippen molar-refractivity contribution in [1.82, 2.24) is 9.55 Å². The van der Waals surface area contributed by atoms with Crippen LogP contribution >= 0.6 is 0 Å². The molecule has 0 saturated carbocycles. The van der Waals surface area contributed by atoms with Gasteiger partial charge in [0.1, 0.15) is 11.2 Å². The van der Waals surface area contributed by atoms with E-state index in [2.05, 4.69) is 192 Å². The fourth-order valence-corrected chi connectivity index (χ4v) is 8.62. The lowest BCUT2D eigenvalue weighted by molar-refractivity contribution is 0.670. The minimum Gasteiger partial charge on any atom is -0.455 e. The van der Waals surface area contributed by atoms with Gasteiger partial charge in [0.05, 0.1) is 16.7 Å². The molecule has 3 heterocycles. The molecule has 0 saturated heterocycles. The molecule has 1 aliphatic rings. The molecule has 3 heteroatoms. The zero-order valence-corrected chi connectivity index (χ0v) is 30.6. The van der Waals surface area contributed by atoms with Crippen molar-refractivity contribution in [2.45, 2.75) is 12.3 Å². The molecule has 56 heavy (non-hydrogen) atoms. The molecule has 1 unspecified atom stereocenters. The zero-order chi connectivity index (χ0) is 37.0. The van der Waals surface area contributed by atoms with Crippen LogP contribution in [0, 0.1) is 0 Å². The first kappa shape index (κ1) is 32.2. The maximum absolute atomic E-state index is 6.70. The summed E-state index contributed by atoms with van der Waals surface area (Å²) in [7, 11) is 0. The summed E-state index contributed by atoms with van der Waals surface area (Å²) in [6.45, 7) is 0. The van der Waals surface area contributed by atoms with Crippen molar-refractivity contribution in [1.29, 1.82) is 0 Å². The Morgan fingerprint density at radius 3 is 2.11 bits per heavy atom. The van der Waals surface area contributed by atoms with Crippen LogP contribution < -0.4 is 0 Å². The van der Waals surface area contributed by atoms with E-state index in [0.717, 1.165) is 61.9 Å². The van der Waals surface area contributed by atoms with Gasteiger partial charge in [-0.05, 0) is 100 Å². The second kappa shape index (κ2) is 13.3. The van der Waals surface area contributed by atoms with Crippen LogP contribution in [-0.4, -0.2) is 9.55 Å². The number of fused-ring (bicyclic) bond motifs is 6. The van der Waals surface area contributed by atoms with E-state index < -0.39 is 0 Å². The average Bonchev–Trinajstić information content (AvgIpc) is 3.82. The van der Waals surface area contributed by atoms with Gasteiger partial charge in [0, 0.05) is 50.5 Å². The predicted octanol–water partition coefficient (Wildman–Crippen LogP) is 14.3. The molecule has 7 aromatic carbocycles. The molecule has 3 nitrogen and oxygen atoms in total. The first-order valence-electron chi connectivity index (χ1n) is 19.3. The second-order valence-corrected chi connectivity index (χ2v) is 14.7. The highest BCUT2D eigenvalue weighted by Gasteiger charge is 2.17. The summed E-state index contributed by atoms with van der Waals surface area (Å²) in [5, 5.41) is 4.65. The molecule has 11 rings (SSSR count). The summed E-state index contributed by atoms with van der Waals surface area (Å²) >= 11 is 0.